The number of aromatic nitrogens is 1. The monoisotopic (exact) mass is 336 g/mol. The fourth-order valence-corrected chi connectivity index (χ4v) is 3.42. The Morgan fingerprint density at radius 3 is 2.60 bits per heavy atom. The molecule has 0 aliphatic carbocycles. The van der Waals surface area contributed by atoms with Crippen molar-refractivity contribution in [1.29, 1.82) is 0 Å². The van der Waals surface area contributed by atoms with Crippen LogP contribution < -0.4 is 4.90 Å². The highest BCUT2D eigenvalue weighted by Crippen LogP contribution is 2.35. The second-order valence-corrected chi connectivity index (χ2v) is 6.31. The number of anilines is 1. The van der Waals surface area contributed by atoms with Gasteiger partial charge < -0.3 is 9.64 Å². The van der Waals surface area contributed by atoms with E-state index in [2.05, 4.69) is 30.0 Å². The lowest BCUT2D eigenvalue weighted by Gasteiger charge is -2.29. The number of morpholine rings is 1. The smallest absolute Gasteiger partial charge is 0.136 e. The van der Waals surface area contributed by atoms with Gasteiger partial charge in [-0.2, -0.15) is 0 Å². The summed E-state index contributed by atoms with van der Waals surface area (Å²) in [5, 5.41) is 2.13. The number of fused-ring (bicyclic) bond motifs is 1. The van der Waals surface area contributed by atoms with Gasteiger partial charge in [0.2, 0.25) is 0 Å². The van der Waals surface area contributed by atoms with Gasteiger partial charge in [0.15, 0.2) is 0 Å². The van der Waals surface area contributed by atoms with Crippen molar-refractivity contribution < 1.29 is 9.13 Å². The molecule has 1 aliphatic heterocycles. The Bertz CT molecular complexity index is 904. The molecule has 0 amide bonds. The van der Waals surface area contributed by atoms with Crippen molar-refractivity contribution >= 4 is 16.6 Å². The molecule has 3 aromatic rings. The highest BCUT2D eigenvalue weighted by atomic mass is 19.1. The van der Waals surface area contributed by atoms with Crippen LogP contribution in [0, 0.1) is 5.82 Å². The maximum atomic E-state index is 14.3. The van der Waals surface area contributed by atoms with Gasteiger partial charge in [0, 0.05) is 35.8 Å². The van der Waals surface area contributed by atoms with Crippen LogP contribution >= 0.6 is 0 Å². The molecule has 1 saturated heterocycles. The Morgan fingerprint density at radius 2 is 1.84 bits per heavy atom. The first-order valence-electron chi connectivity index (χ1n) is 8.77. The summed E-state index contributed by atoms with van der Waals surface area (Å²) >= 11 is 0. The number of aryl methyl sites for hydroxylation is 1. The first kappa shape index (κ1) is 16.0. The zero-order valence-corrected chi connectivity index (χ0v) is 14.3. The number of pyridine rings is 1. The molecule has 1 aromatic heterocycles. The van der Waals surface area contributed by atoms with Crippen molar-refractivity contribution in [2.24, 2.45) is 0 Å². The average molecular weight is 336 g/mol. The van der Waals surface area contributed by atoms with E-state index in [9.17, 15) is 4.39 Å². The number of rotatable bonds is 3. The molecular formula is C21H21FN2O. The molecule has 2 aromatic carbocycles. The molecule has 0 atom stereocenters. The molecule has 4 rings (SSSR count). The van der Waals surface area contributed by atoms with Crippen molar-refractivity contribution in [2.75, 3.05) is 31.2 Å². The summed E-state index contributed by atoms with van der Waals surface area (Å²) in [6.45, 7) is 5.23. The second-order valence-electron chi connectivity index (χ2n) is 6.31. The molecule has 0 radical (unpaired) electrons. The van der Waals surface area contributed by atoms with Crippen molar-refractivity contribution in [1.82, 2.24) is 4.98 Å². The maximum absolute atomic E-state index is 14.3. The van der Waals surface area contributed by atoms with E-state index in [4.69, 9.17) is 9.72 Å². The highest BCUT2D eigenvalue weighted by molar-refractivity contribution is 6.02. The quantitative estimate of drug-likeness (QED) is 0.707. The van der Waals surface area contributed by atoms with E-state index in [0.29, 0.717) is 18.8 Å². The normalized spacial score (nSPS) is 14.9. The van der Waals surface area contributed by atoms with Crippen LogP contribution in [0.4, 0.5) is 10.2 Å². The maximum Gasteiger partial charge on any atom is 0.136 e. The van der Waals surface area contributed by atoms with E-state index in [0.717, 1.165) is 41.7 Å². The molecule has 0 unspecified atom stereocenters. The van der Waals surface area contributed by atoms with E-state index < -0.39 is 0 Å². The fourth-order valence-electron chi connectivity index (χ4n) is 3.42. The number of benzene rings is 2. The number of halogens is 1. The summed E-state index contributed by atoms with van der Waals surface area (Å²) in [5.74, 6) is 0.748. The standard InChI is InChI=1S/C21H21FN2O/c1-2-15-7-8-16-18(13-15)21(24-9-11-25-12-10-24)23-14-19(16)17-5-3-4-6-20(17)22/h3-8,13-14H,2,9-12H2,1H3. The molecule has 2 heterocycles. The van der Waals surface area contributed by atoms with Crippen LogP contribution in [0.1, 0.15) is 12.5 Å². The molecule has 1 fully saturated rings. The third kappa shape index (κ3) is 2.98. The van der Waals surface area contributed by atoms with Crippen molar-refractivity contribution in [3.8, 4) is 11.1 Å². The zero-order valence-electron chi connectivity index (χ0n) is 14.3. The lowest BCUT2D eigenvalue weighted by Crippen LogP contribution is -2.36. The summed E-state index contributed by atoms with van der Waals surface area (Å²) in [6, 6.07) is 13.3. The van der Waals surface area contributed by atoms with Gasteiger partial charge in [-0.3, -0.25) is 0 Å². The predicted octanol–water partition coefficient (Wildman–Crippen LogP) is 4.44. The van der Waals surface area contributed by atoms with Crippen LogP contribution in [-0.2, 0) is 11.2 Å². The van der Waals surface area contributed by atoms with E-state index in [1.54, 1.807) is 12.3 Å². The highest BCUT2D eigenvalue weighted by Gasteiger charge is 2.18. The van der Waals surface area contributed by atoms with Gasteiger partial charge in [-0.25, -0.2) is 9.37 Å². The molecule has 0 spiro atoms. The zero-order chi connectivity index (χ0) is 17.2. The van der Waals surface area contributed by atoms with Gasteiger partial charge in [0.25, 0.3) is 0 Å². The number of hydrogen-bond acceptors (Lipinski definition) is 3. The summed E-state index contributed by atoms with van der Waals surface area (Å²) in [4.78, 5) is 6.99. The van der Waals surface area contributed by atoms with Crippen LogP contribution in [0.3, 0.4) is 0 Å². The van der Waals surface area contributed by atoms with E-state index >= 15 is 0 Å². The lowest BCUT2D eigenvalue weighted by molar-refractivity contribution is 0.122. The minimum atomic E-state index is -0.218. The molecule has 3 nitrogen and oxygen atoms in total. The Morgan fingerprint density at radius 1 is 1.04 bits per heavy atom. The topological polar surface area (TPSA) is 25.4 Å². The summed E-state index contributed by atoms with van der Waals surface area (Å²) in [5.41, 5.74) is 2.69. The minimum Gasteiger partial charge on any atom is -0.378 e. The van der Waals surface area contributed by atoms with Crippen LogP contribution in [0.15, 0.2) is 48.7 Å². The van der Waals surface area contributed by atoms with Gasteiger partial charge in [-0.05, 0) is 29.5 Å². The number of ether oxygens (including phenoxy) is 1. The second kappa shape index (κ2) is 6.81. The third-order valence-corrected chi connectivity index (χ3v) is 4.81. The van der Waals surface area contributed by atoms with E-state index in [1.165, 1.54) is 11.6 Å². The Labute approximate surface area is 147 Å². The lowest BCUT2D eigenvalue weighted by atomic mass is 9.97. The third-order valence-electron chi connectivity index (χ3n) is 4.81. The molecule has 0 saturated carbocycles. The average Bonchev–Trinajstić information content (AvgIpc) is 2.68. The molecular weight excluding hydrogens is 315 g/mol. The van der Waals surface area contributed by atoms with Crippen LogP contribution in [0.25, 0.3) is 21.9 Å². The van der Waals surface area contributed by atoms with Gasteiger partial charge in [0.05, 0.1) is 13.2 Å². The molecule has 128 valence electrons. The molecule has 1 aliphatic rings. The van der Waals surface area contributed by atoms with Gasteiger partial charge >= 0.3 is 0 Å². The fraction of sp³-hybridized carbons (Fsp3) is 0.286. The first-order valence-corrected chi connectivity index (χ1v) is 8.77. The number of hydrogen-bond donors (Lipinski definition) is 0. The summed E-state index contributed by atoms with van der Waals surface area (Å²) in [7, 11) is 0. The Balaban J connectivity index is 1.93. The van der Waals surface area contributed by atoms with Crippen LogP contribution in [0.2, 0.25) is 0 Å². The SMILES string of the molecule is CCc1ccc2c(-c3ccccc3F)cnc(N3CCOCC3)c2c1. The van der Waals surface area contributed by atoms with E-state index in [1.807, 2.05) is 12.1 Å². The largest absolute Gasteiger partial charge is 0.378 e. The summed E-state index contributed by atoms with van der Waals surface area (Å²) < 4.78 is 19.8. The van der Waals surface area contributed by atoms with E-state index in [-0.39, 0.29) is 5.82 Å². The van der Waals surface area contributed by atoms with Crippen molar-refractivity contribution in [2.45, 2.75) is 13.3 Å². The van der Waals surface area contributed by atoms with Gasteiger partial charge in [-0.15, -0.1) is 0 Å². The Hall–Kier alpha value is -2.46. The van der Waals surface area contributed by atoms with Crippen LogP contribution in [-0.4, -0.2) is 31.3 Å². The molecule has 4 heteroatoms. The first-order chi connectivity index (χ1) is 12.3. The predicted molar refractivity (Wildman–Crippen MR) is 99.5 cm³/mol. The number of nitrogens with zero attached hydrogens (tertiary/aromatic N) is 2. The molecule has 0 bridgehead atoms. The van der Waals surface area contributed by atoms with Crippen molar-refractivity contribution in [3.63, 3.8) is 0 Å². The molecule has 25 heavy (non-hydrogen) atoms. The van der Waals surface area contributed by atoms with Gasteiger partial charge in [-0.1, -0.05) is 37.3 Å². The molecule has 0 N–H and O–H groups in total. The minimum absolute atomic E-state index is 0.218. The van der Waals surface area contributed by atoms with Crippen LogP contribution in [0.5, 0.6) is 0 Å². The summed E-state index contributed by atoms with van der Waals surface area (Å²) in [6.07, 6.45) is 2.76. The van der Waals surface area contributed by atoms with Crippen molar-refractivity contribution in [3.05, 3.63) is 60.0 Å². The van der Waals surface area contributed by atoms with Gasteiger partial charge in [0.1, 0.15) is 11.6 Å². The Kier molecular flexibility index (Phi) is 4.36.